The van der Waals surface area contributed by atoms with Gasteiger partial charge in [-0.2, -0.15) is 0 Å². The van der Waals surface area contributed by atoms with Crippen LogP contribution in [0.5, 0.6) is 0 Å². The SMILES string of the molecule is Cc1nc(N2CCOCC2)ccc1CNC(C)(C)C. The largest absolute Gasteiger partial charge is 0.378 e. The van der Waals surface area contributed by atoms with Crippen molar-refractivity contribution >= 4 is 5.82 Å². The fraction of sp³-hybridized carbons (Fsp3) is 0.667. The van der Waals surface area contributed by atoms with Gasteiger partial charge < -0.3 is 15.0 Å². The quantitative estimate of drug-likeness (QED) is 0.906. The van der Waals surface area contributed by atoms with E-state index in [1.165, 1.54) is 5.56 Å². The van der Waals surface area contributed by atoms with Crippen molar-refractivity contribution in [2.24, 2.45) is 0 Å². The lowest BCUT2D eigenvalue weighted by Gasteiger charge is -2.28. The Morgan fingerprint density at radius 2 is 1.95 bits per heavy atom. The Hall–Kier alpha value is -1.13. The van der Waals surface area contributed by atoms with E-state index in [2.05, 4.69) is 50.0 Å². The number of ether oxygens (including phenoxy) is 1. The number of nitrogens with zero attached hydrogens (tertiary/aromatic N) is 2. The molecule has 1 aromatic heterocycles. The summed E-state index contributed by atoms with van der Waals surface area (Å²) in [7, 11) is 0. The Morgan fingerprint density at radius 3 is 2.53 bits per heavy atom. The second-order valence-electron chi connectivity index (χ2n) is 6.12. The van der Waals surface area contributed by atoms with E-state index >= 15 is 0 Å². The number of hydrogen-bond donors (Lipinski definition) is 1. The van der Waals surface area contributed by atoms with Crippen molar-refractivity contribution in [2.45, 2.75) is 39.8 Å². The van der Waals surface area contributed by atoms with Crippen LogP contribution in [0.1, 0.15) is 32.0 Å². The molecule has 0 saturated carbocycles. The molecule has 1 fully saturated rings. The molecule has 1 saturated heterocycles. The Balaban J connectivity index is 2.04. The second kappa shape index (κ2) is 5.88. The van der Waals surface area contributed by atoms with E-state index in [1.807, 2.05) is 0 Å². The Kier molecular flexibility index (Phi) is 4.42. The minimum absolute atomic E-state index is 0.134. The average Bonchev–Trinajstić information content (AvgIpc) is 2.37. The van der Waals surface area contributed by atoms with Gasteiger partial charge in [0, 0.05) is 30.9 Å². The van der Waals surface area contributed by atoms with Crippen LogP contribution in [0.25, 0.3) is 0 Å². The van der Waals surface area contributed by atoms with Crippen molar-refractivity contribution in [3.05, 3.63) is 23.4 Å². The maximum Gasteiger partial charge on any atom is 0.128 e. The molecule has 0 aliphatic carbocycles. The lowest BCUT2D eigenvalue weighted by molar-refractivity contribution is 0.122. The summed E-state index contributed by atoms with van der Waals surface area (Å²) in [5.41, 5.74) is 2.52. The van der Waals surface area contributed by atoms with E-state index in [1.54, 1.807) is 0 Å². The lowest BCUT2D eigenvalue weighted by Crippen LogP contribution is -2.37. The van der Waals surface area contributed by atoms with Crippen LogP contribution in [0.3, 0.4) is 0 Å². The molecule has 106 valence electrons. The predicted molar refractivity (Wildman–Crippen MR) is 78.6 cm³/mol. The van der Waals surface area contributed by atoms with Crippen molar-refractivity contribution in [3.63, 3.8) is 0 Å². The van der Waals surface area contributed by atoms with E-state index in [4.69, 9.17) is 9.72 Å². The van der Waals surface area contributed by atoms with E-state index in [9.17, 15) is 0 Å². The summed E-state index contributed by atoms with van der Waals surface area (Å²) < 4.78 is 5.37. The fourth-order valence-corrected chi connectivity index (χ4v) is 2.09. The van der Waals surface area contributed by atoms with Gasteiger partial charge in [-0.1, -0.05) is 6.07 Å². The standard InChI is InChI=1S/C15H25N3O/c1-12-13(11-16-15(2,3)4)5-6-14(17-12)18-7-9-19-10-8-18/h5-6,16H,7-11H2,1-4H3. The van der Waals surface area contributed by atoms with Gasteiger partial charge in [-0.25, -0.2) is 4.98 Å². The van der Waals surface area contributed by atoms with E-state index in [0.29, 0.717) is 0 Å². The van der Waals surface area contributed by atoms with Gasteiger partial charge in [0.1, 0.15) is 5.82 Å². The molecule has 2 rings (SSSR count). The number of morpholine rings is 1. The zero-order valence-corrected chi connectivity index (χ0v) is 12.5. The number of pyridine rings is 1. The number of nitrogens with one attached hydrogen (secondary N) is 1. The Bertz CT molecular complexity index is 420. The van der Waals surface area contributed by atoms with Crippen LogP contribution in [0.2, 0.25) is 0 Å². The molecule has 0 aromatic carbocycles. The molecule has 1 aliphatic heterocycles. The molecular formula is C15H25N3O. The summed E-state index contributed by atoms with van der Waals surface area (Å²) in [6.07, 6.45) is 0. The van der Waals surface area contributed by atoms with Gasteiger partial charge in [0.05, 0.1) is 13.2 Å². The third-order valence-corrected chi connectivity index (χ3v) is 3.32. The summed E-state index contributed by atoms with van der Waals surface area (Å²) in [4.78, 5) is 7.02. The minimum Gasteiger partial charge on any atom is -0.378 e. The molecule has 0 bridgehead atoms. The van der Waals surface area contributed by atoms with Crippen molar-refractivity contribution < 1.29 is 4.74 Å². The van der Waals surface area contributed by atoms with Crippen LogP contribution in [-0.4, -0.2) is 36.8 Å². The number of aromatic nitrogens is 1. The summed E-state index contributed by atoms with van der Waals surface area (Å²) in [5, 5.41) is 3.50. The topological polar surface area (TPSA) is 37.4 Å². The number of rotatable bonds is 3. The predicted octanol–water partition coefficient (Wildman–Crippen LogP) is 2.11. The first kappa shape index (κ1) is 14.3. The fourth-order valence-electron chi connectivity index (χ4n) is 2.09. The van der Waals surface area contributed by atoms with Crippen molar-refractivity contribution in [1.29, 1.82) is 0 Å². The maximum atomic E-state index is 5.37. The highest BCUT2D eigenvalue weighted by Gasteiger charge is 2.14. The summed E-state index contributed by atoms with van der Waals surface area (Å²) in [5.74, 6) is 1.07. The molecule has 4 heteroatoms. The molecule has 1 aromatic rings. The van der Waals surface area contributed by atoms with Crippen molar-refractivity contribution in [3.8, 4) is 0 Å². The maximum absolute atomic E-state index is 5.37. The molecule has 0 spiro atoms. The minimum atomic E-state index is 0.134. The highest BCUT2D eigenvalue weighted by molar-refractivity contribution is 5.42. The van der Waals surface area contributed by atoms with Gasteiger partial charge in [-0.15, -0.1) is 0 Å². The molecule has 0 amide bonds. The molecule has 0 unspecified atom stereocenters. The molecule has 1 aliphatic rings. The third-order valence-electron chi connectivity index (χ3n) is 3.32. The van der Waals surface area contributed by atoms with E-state index in [-0.39, 0.29) is 5.54 Å². The van der Waals surface area contributed by atoms with Gasteiger partial charge in [-0.3, -0.25) is 0 Å². The smallest absolute Gasteiger partial charge is 0.128 e. The van der Waals surface area contributed by atoms with Crippen LogP contribution >= 0.6 is 0 Å². The highest BCUT2D eigenvalue weighted by Crippen LogP contribution is 2.16. The van der Waals surface area contributed by atoms with Gasteiger partial charge >= 0.3 is 0 Å². The van der Waals surface area contributed by atoms with Gasteiger partial charge in [0.25, 0.3) is 0 Å². The van der Waals surface area contributed by atoms with Crippen molar-refractivity contribution in [2.75, 3.05) is 31.2 Å². The van der Waals surface area contributed by atoms with Gasteiger partial charge in [-0.05, 0) is 39.3 Å². The summed E-state index contributed by atoms with van der Waals surface area (Å²) in [6, 6.07) is 4.31. The van der Waals surface area contributed by atoms with Crippen LogP contribution in [-0.2, 0) is 11.3 Å². The first-order valence-corrected chi connectivity index (χ1v) is 7.00. The average molecular weight is 263 g/mol. The molecule has 0 radical (unpaired) electrons. The molecular weight excluding hydrogens is 238 g/mol. The van der Waals surface area contributed by atoms with Gasteiger partial charge in [0.15, 0.2) is 0 Å². The van der Waals surface area contributed by atoms with Crippen LogP contribution in [0, 0.1) is 6.92 Å². The molecule has 4 nitrogen and oxygen atoms in total. The molecule has 1 N–H and O–H groups in total. The normalized spacial score (nSPS) is 16.7. The van der Waals surface area contributed by atoms with E-state index in [0.717, 1.165) is 44.4 Å². The number of anilines is 1. The number of aryl methyl sites for hydroxylation is 1. The molecule has 19 heavy (non-hydrogen) atoms. The van der Waals surface area contributed by atoms with Gasteiger partial charge in [0.2, 0.25) is 0 Å². The van der Waals surface area contributed by atoms with Crippen molar-refractivity contribution in [1.82, 2.24) is 10.3 Å². The Morgan fingerprint density at radius 1 is 1.26 bits per heavy atom. The molecule has 0 atom stereocenters. The first-order chi connectivity index (χ1) is 8.96. The summed E-state index contributed by atoms with van der Waals surface area (Å²) >= 11 is 0. The van der Waals surface area contributed by atoms with E-state index < -0.39 is 0 Å². The zero-order valence-electron chi connectivity index (χ0n) is 12.5. The second-order valence-corrected chi connectivity index (χ2v) is 6.12. The molecule has 2 heterocycles. The van der Waals surface area contributed by atoms with Crippen LogP contribution in [0.4, 0.5) is 5.82 Å². The lowest BCUT2D eigenvalue weighted by atomic mass is 10.1. The summed E-state index contributed by atoms with van der Waals surface area (Å²) in [6.45, 7) is 13.0. The monoisotopic (exact) mass is 263 g/mol. The zero-order chi connectivity index (χ0) is 13.9. The number of hydrogen-bond acceptors (Lipinski definition) is 4. The first-order valence-electron chi connectivity index (χ1n) is 7.00. The third kappa shape index (κ3) is 4.18. The Labute approximate surface area is 116 Å². The van der Waals surface area contributed by atoms with Crippen LogP contribution < -0.4 is 10.2 Å². The van der Waals surface area contributed by atoms with Crippen LogP contribution in [0.15, 0.2) is 12.1 Å². The highest BCUT2D eigenvalue weighted by atomic mass is 16.5.